The number of benzene rings is 1. The molecule has 5 nitrogen and oxygen atoms in total. The van der Waals surface area contributed by atoms with Crippen LogP contribution in [0.15, 0.2) is 35.3 Å². The van der Waals surface area contributed by atoms with Crippen LogP contribution in [-0.2, 0) is 25.5 Å². The third-order valence-corrected chi connectivity index (χ3v) is 5.14. The van der Waals surface area contributed by atoms with Crippen LogP contribution in [0, 0.1) is 17.3 Å². The van der Waals surface area contributed by atoms with Crippen molar-refractivity contribution < 1.29 is 19.1 Å². The molecule has 0 radical (unpaired) electrons. The predicted molar refractivity (Wildman–Crippen MR) is 105 cm³/mol. The van der Waals surface area contributed by atoms with E-state index in [0.29, 0.717) is 18.7 Å². The highest BCUT2D eigenvalue weighted by Crippen LogP contribution is 2.40. The molecule has 0 spiro atoms. The number of hydrogen-bond acceptors (Lipinski definition) is 5. The van der Waals surface area contributed by atoms with Gasteiger partial charge in [-0.3, -0.25) is 19.4 Å². The van der Waals surface area contributed by atoms with E-state index < -0.39 is 23.2 Å². The maximum atomic E-state index is 13.1. The first kappa shape index (κ1) is 21.0. The molecule has 0 bridgehead atoms. The largest absolute Gasteiger partial charge is 0.468 e. The Bertz CT molecular complexity index is 721. The fourth-order valence-electron chi connectivity index (χ4n) is 3.81. The molecule has 1 aromatic rings. The minimum atomic E-state index is -0.929. The first-order chi connectivity index (χ1) is 12.8. The first-order valence-corrected chi connectivity index (χ1v) is 9.53. The molecule has 27 heavy (non-hydrogen) atoms. The quantitative estimate of drug-likeness (QED) is 0.418. The van der Waals surface area contributed by atoms with E-state index in [0.717, 1.165) is 18.4 Å². The molecular weight excluding hydrogens is 342 g/mol. The summed E-state index contributed by atoms with van der Waals surface area (Å²) < 4.78 is 4.85. The molecule has 1 aliphatic carbocycles. The second-order valence-electron chi connectivity index (χ2n) is 7.78. The number of Topliss-reactive ketones (excluding diaryl/α,β-unsaturated/α-hetero) is 2. The summed E-state index contributed by atoms with van der Waals surface area (Å²) in [5.74, 6) is -2.92. The SMILES string of the molecule is CCCC(=NCCc1ccccc1)C1C(=O)CC(C)(C)[C@H](C(=O)OC)C1=O. The molecular formula is C22H29NO4. The molecule has 1 aromatic carbocycles. The number of methoxy groups -OCH3 is 1. The van der Waals surface area contributed by atoms with Crippen LogP contribution >= 0.6 is 0 Å². The Morgan fingerprint density at radius 3 is 2.48 bits per heavy atom. The third-order valence-electron chi connectivity index (χ3n) is 5.14. The Hall–Kier alpha value is -2.30. The van der Waals surface area contributed by atoms with Gasteiger partial charge in [-0.15, -0.1) is 0 Å². The molecule has 0 N–H and O–H groups in total. The van der Waals surface area contributed by atoms with Crippen molar-refractivity contribution in [2.24, 2.45) is 22.2 Å². The highest BCUT2D eigenvalue weighted by Gasteiger charge is 2.52. The number of rotatable bonds is 7. The number of ether oxygens (including phenoxy) is 1. The lowest BCUT2D eigenvalue weighted by atomic mass is 9.63. The van der Waals surface area contributed by atoms with Crippen molar-refractivity contribution in [2.45, 2.75) is 46.5 Å². The second-order valence-corrected chi connectivity index (χ2v) is 7.78. The van der Waals surface area contributed by atoms with E-state index in [-0.39, 0.29) is 18.0 Å². The molecule has 1 saturated carbocycles. The molecule has 2 atom stereocenters. The van der Waals surface area contributed by atoms with Crippen LogP contribution in [0.5, 0.6) is 0 Å². The third kappa shape index (κ3) is 4.90. The van der Waals surface area contributed by atoms with Crippen LogP contribution in [0.4, 0.5) is 0 Å². The Morgan fingerprint density at radius 1 is 1.22 bits per heavy atom. The maximum absolute atomic E-state index is 13.1. The predicted octanol–water partition coefficient (Wildman–Crippen LogP) is 3.44. The van der Waals surface area contributed by atoms with Gasteiger partial charge in [0.2, 0.25) is 0 Å². The van der Waals surface area contributed by atoms with Gasteiger partial charge in [0.15, 0.2) is 5.78 Å². The topological polar surface area (TPSA) is 72.8 Å². The molecule has 146 valence electrons. The Morgan fingerprint density at radius 2 is 1.89 bits per heavy atom. The summed E-state index contributed by atoms with van der Waals surface area (Å²) in [5.41, 5.74) is 1.03. The van der Waals surface area contributed by atoms with Crippen molar-refractivity contribution in [3.05, 3.63) is 35.9 Å². The van der Waals surface area contributed by atoms with Crippen molar-refractivity contribution in [3.63, 3.8) is 0 Å². The minimum Gasteiger partial charge on any atom is -0.468 e. The van der Waals surface area contributed by atoms with Gasteiger partial charge in [0.1, 0.15) is 17.6 Å². The van der Waals surface area contributed by atoms with Gasteiger partial charge in [-0.25, -0.2) is 0 Å². The Labute approximate surface area is 161 Å². The summed E-state index contributed by atoms with van der Waals surface area (Å²) in [4.78, 5) is 42.7. The van der Waals surface area contributed by atoms with Gasteiger partial charge >= 0.3 is 5.97 Å². The van der Waals surface area contributed by atoms with Crippen LogP contribution in [0.3, 0.4) is 0 Å². The maximum Gasteiger partial charge on any atom is 0.316 e. The molecule has 1 fully saturated rings. The van der Waals surface area contributed by atoms with Gasteiger partial charge in [0.05, 0.1) is 7.11 Å². The number of carbonyl (C=O) groups is 3. The lowest BCUT2D eigenvalue weighted by Gasteiger charge is -2.38. The van der Waals surface area contributed by atoms with E-state index >= 15 is 0 Å². The highest BCUT2D eigenvalue weighted by molar-refractivity contribution is 6.26. The van der Waals surface area contributed by atoms with E-state index in [2.05, 4.69) is 4.99 Å². The summed E-state index contributed by atoms with van der Waals surface area (Å²) in [7, 11) is 1.28. The summed E-state index contributed by atoms with van der Waals surface area (Å²) in [6.07, 6.45) is 2.28. The smallest absolute Gasteiger partial charge is 0.316 e. The van der Waals surface area contributed by atoms with Crippen LogP contribution in [0.25, 0.3) is 0 Å². The minimum absolute atomic E-state index is 0.142. The molecule has 0 amide bonds. The van der Waals surface area contributed by atoms with E-state index in [9.17, 15) is 14.4 Å². The first-order valence-electron chi connectivity index (χ1n) is 9.53. The molecule has 0 saturated heterocycles. The Balaban J connectivity index is 2.25. The van der Waals surface area contributed by atoms with Crippen molar-refractivity contribution in [2.75, 3.05) is 13.7 Å². The number of ketones is 2. The summed E-state index contributed by atoms with van der Waals surface area (Å²) >= 11 is 0. The molecule has 0 heterocycles. The van der Waals surface area contributed by atoms with Gasteiger partial charge in [-0.2, -0.15) is 0 Å². The standard InChI is InChI=1S/C22H29NO4/c1-5-9-16(23-13-12-15-10-7-6-8-11-15)18-17(24)14-22(2,3)19(20(18)25)21(26)27-4/h6-8,10-11,18-19H,5,9,12-14H2,1-4H3/t18?,19-/m0/s1. The van der Waals surface area contributed by atoms with Crippen molar-refractivity contribution in [1.29, 1.82) is 0 Å². The van der Waals surface area contributed by atoms with Crippen LogP contribution < -0.4 is 0 Å². The normalized spacial score (nSPS) is 22.6. The number of esters is 1. The Kier molecular flexibility index (Phi) is 7.05. The van der Waals surface area contributed by atoms with E-state index in [1.807, 2.05) is 37.3 Å². The molecule has 1 unspecified atom stereocenters. The van der Waals surface area contributed by atoms with E-state index in [4.69, 9.17) is 4.74 Å². The summed E-state index contributed by atoms with van der Waals surface area (Å²) in [6.45, 7) is 6.05. The van der Waals surface area contributed by atoms with Crippen molar-refractivity contribution in [1.82, 2.24) is 0 Å². The lowest BCUT2D eigenvalue weighted by molar-refractivity contribution is -0.159. The zero-order valence-corrected chi connectivity index (χ0v) is 16.7. The molecule has 2 rings (SSSR count). The average Bonchev–Trinajstić information content (AvgIpc) is 2.61. The zero-order chi connectivity index (χ0) is 20.0. The van der Waals surface area contributed by atoms with Gasteiger partial charge in [-0.1, -0.05) is 57.5 Å². The van der Waals surface area contributed by atoms with Gasteiger partial charge < -0.3 is 4.74 Å². The molecule has 1 aliphatic rings. The van der Waals surface area contributed by atoms with Gasteiger partial charge in [-0.05, 0) is 23.8 Å². The zero-order valence-electron chi connectivity index (χ0n) is 16.7. The summed E-state index contributed by atoms with van der Waals surface area (Å²) in [5, 5.41) is 0. The fourth-order valence-corrected chi connectivity index (χ4v) is 3.81. The average molecular weight is 371 g/mol. The monoisotopic (exact) mass is 371 g/mol. The van der Waals surface area contributed by atoms with Crippen molar-refractivity contribution >= 4 is 23.2 Å². The molecule has 5 heteroatoms. The van der Waals surface area contributed by atoms with Crippen LogP contribution in [0.1, 0.15) is 45.6 Å². The fraction of sp³-hybridized carbons (Fsp3) is 0.545. The molecule has 0 aliphatic heterocycles. The van der Waals surface area contributed by atoms with Gasteiger partial charge in [0.25, 0.3) is 0 Å². The van der Waals surface area contributed by atoms with E-state index in [1.165, 1.54) is 7.11 Å². The number of aliphatic imine (C=N–C) groups is 1. The van der Waals surface area contributed by atoms with Crippen molar-refractivity contribution in [3.8, 4) is 0 Å². The molecule has 0 aromatic heterocycles. The van der Waals surface area contributed by atoms with Crippen LogP contribution in [-0.4, -0.2) is 36.9 Å². The van der Waals surface area contributed by atoms with E-state index in [1.54, 1.807) is 13.8 Å². The number of carbonyl (C=O) groups excluding carboxylic acids is 3. The summed E-state index contributed by atoms with van der Waals surface area (Å²) in [6, 6.07) is 9.97. The number of nitrogens with zero attached hydrogens (tertiary/aromatic N) is 1. The van der Waals surface area contributed by atoms with Crippen LogP contribution in [0.2, 0.25) is 0 Å². The number of hydrogen-bond donors (Lipinski definition) is 0. The highest BCUT2D eigenvalue weighted by atomic mass is 16.5. The van der Waals surface area contributed by atoms with Gasteiger partial charge in [0, 0.05) is 18.7 Å². The lowest BCUT2D eigenvalue weighted by Crippen LogP contribution is -2.52. The second kappa shape index (κ2) is 9.07.